The summed E-state index contributed by atoms with van der Waals surface area (Å²) in [6.45, 7) is -1.40. The van der Waals surface area contributed by atoms with Gasteiger partial charge in [-0.3, -0.25) is 0 Å². The molecule has 0 aliphatic carbocycles. The molecule has 0 radical (unpaired) electrons. The lowest BCUT2D eigenvalue weighted by molar-refractivity contribution is -0.283. The quantitative estimate of drug-likeness (QED) is 0.450. The molecule has 1 fully saturated rings. The van der Waals surface area contributed by atoms with E-state index in [9.17, 15) is 44.7 Å². The normalized spacial score (nSPS) is 17.9. The van der Waals surface area contributed by atoms with Crippen molar-refractivity contribution in [3.05, 3.63) is 41.4 Å². The number of anilines is 1. The average molecular weight is 533 g/mol. The molecule has 2 heterocycles. The number of aliphatic hydroxyl groups is 1. The molecule has 0 saturated carbocycles. The van der Waals surface area contributed by atoms with Crippen molar-refractivity contribution in [1.29, 1.82) is 0 Å². The van der Waals surface area contributed by atoms with Gasteiger partial charge in [-0.15, -0.1) is 11.3 Å². The second kappa shape index (κ2) is 9.31. The second-order valence-electron chi connectivity index (χ2n) is 7.17. The van der Waals surface area contributed by atoms with Crippen LogP contribution in [0.25, 0.3) is 0 Å². The number of benzene rings is 1. The number of nitrogens with zero attached hydrogens (tertiary/aromatic N) is 3. The van der Waals surface area contributed by atoms with Crippen molar-refractivity contribution in [1.82, 2.24) is 9.29 Å². The molecule has 1 N–H and O–H groups in total. The van der Waals surface area contributed by atoms with Gasteiger partial charge < -0.3 is 14.7 Å². The first kappa shape index (κ1) is 26.2. The Morgan fingerprint density at radius 1 is 1.06 bits per heavy atom. The van der Waals surface area contributed by atoms with Gasteiger partial charge in [-0.25, -0.2) is 18.2 Å². The minimum Gasteiger partial charge on any atom is -0.455 e. The van der Waals surface area contributed by atoms with Crippen LogP contribution in [0, 0.1) is 0 Å². The predicted molar refractivity (Wildman–Crippen MR) is 106 cm³/mol. The average Bonchev–Trinajstić information content (AvgIpc) is 3.32. The fraction of sp³-hybridized carbons (Fsp3) is 0.444. The maximum absolute atomic E-state index is 13.5. The molecule has 188 valence electrons. The number of ether oxygens (including phenoxy) is 1. The SMILES string of the molecule is O=C(OC[C@@](O)(c1ccc(N2CCN(S(=O)(=O)c3nccs3)CC2)cc1)C(F)(F)F)C(F)(F)F. The van der Waals surface area contributed by atoms with E-state index in [1.54, 1.807) is 4.90 Å². The molecule has 1 saturated heterocycles. The minimum atomic E-state index is -5.52. The Kier molecular flexibility index (Phi) is 7.17. The summed E-state index contributed by atoms with van der Waals surface area (Å²) in [5, 5.41) is 11.6. The number of hydrogen-bond donors (Lipinski definition) is 1. The summed E-state index contributed by atoms with van der Waals surface area (Å²) in [5.74, 6) is -2.86. The van der Waals surface area contributed by atoms with Crippen LogP contribution in [0.3, 0.4) is 0 Å². The maximum atomic E-state index is 13.5. The topological polar surface area (TPSA) is 100 Å². The number of aromatic nitrogens is 1. The first-order valence-electron chi connectivity index (χ1n) is 9.44. The summed E-state index contributed by atoms with van der Waals surface area (Å²) < 4.78 is 107. The van der Waals surface area contributed by atoms with Gasteiger partial charge >= 0.3 is 18.3 Å². The lowest BCUT2D eigenvalue weighted by Gasteiger charge is -2.35. The standard InChI is InChI=1S/C18H17F6N3O5S2/c19-17(20,21)14(28)32-11-16(29,18(22,23)24)12-1-3-13(4-2-12)26-6-8-27(9-7-26)34(30,31)15-25-5-10-33-15/h1-5,10,29H,6-9,11H2/t16-/m1/s1. The van der Waals surface area contributed by atoms with E-state index in [0.29, 0.717) is 5.69 Å². The fourth-order valence-electron chi connectivity index (χ4n) is 3.16. The van der Waals surface area contributed by atoms with E-state index in [1.807, 2.05) is 0 Å². The molecule has 1 aromatic carbocycles. The zero-order valence-corrected chi connectivity index (χ0v) is 18.6. The molecule has 0 bridgehead atoms. The van der Waals surface area contributed by atoms with Crippen molar-refractivity contribution in [3.8, 4) is 0 Å². The fourth-order valence-corrected chi connectivity index (χ4v) is 5.55. The van der Waals surface area contributed by atoms with E-state index in [4.69, 9.17) is 0 Å². The maximum Gasteiger partial charge on any atom is 0.490 e. The van der Waals surface area contributed by atoms with Gasteiger partial charge in [-0.2, -0.15) is 30.6 Å². The number of carbonyl (C=O) groups excluding carboxylic acids is 1. The lowest BCUT2D eigenvalue weighted by atomic mass is 9.93. The van der Waals surface area contributed by atoms with Gasteiger partial charge in [0.05, 0.1) is 0 Å². The van der Waals surface area contributed by atoms with E-state index in [-0.39, 0.29) is 30.5 Å². The Morgan fingerprint density at radius 3 is 2.12 bits per heavy atom. The predicted octanol–water partition coefficient (Wildman–Crippen LogP) is 2.51. The number of halogens is 6. The van der Waals surface area contributed by atoms with E-state index in [1.165, 1.54) is 28.0 Å². The monoisotopic (exact) mass is 533 g/mol. The Bertz CT molecular complexity index is 1100. The van der Waals surface area contributed by atoms with Crippen LogP contribution in [0.5, 0.6) is 0 Å². The molecule has 1 aliphatic rings. The highest BCUT2D eigenvalue weighted by Gasteiger charge is 2.57. The van der Waals surface area contributed by atoms with Crippen molar-refractivity contribution in [2.24, 2.45) is 0 Å². The zero-order chi connectivity index (χ0) is 25.4. The third kappa shape index (κ3) is 5.29. The van der Waals surface area contributed by atoms with Crippen molar-refractivity contribution in [2.75, 3.05) is 37.7 Å². The second-order valence-corrected chi connectivity index (χ2v) is 10.2. The van der Waals surface area contributed by atoms with E-state index in [2.05, 4.69) is 9.72 Å². The van der Waals surface area contributed by atoms with E-state index < -0.39 is 46.1 Å². The molecule has 16 heteroatoms. The number of esters is 1. The van der Waals surface area contributed by atoms with Gasteiger partial charge in [0.1, 0.15) is 6.61 Å². The van der Waals surface area contributed by atoms with Crippen molar-refractivity contribution in [2.45, 2.75) is 22.3 Å². The lowest BCUT2D eigenvalue weighted by Crippen LogP contribution is -2.49. The molecule has 1 atom stereocenters. The molecule has 1 aliphatic heterocycles. The number of thiazole rings is 1. The van der Waals surface area contributed by atoms with Crippen LogP contribution in [0.2, 0.25) is 0 Å². The van der Waals surface area contributed by atoms with E-state index in [0.717, 1.165) is 23.5 Å². The van der Waals surface area contributed by atoms with Gasteiger partial charge in [-0.05, 0) is 17.7 Å². The molecule has 0 unspecified atom stereocenters. The highest BCUT2D eigenvalue weighted by Crippen LogP contribution is 2.40. The molecule has 34 heavy (non-hydrogen) atoms. The summed E-state index contributed by atoms with van der Waals surface area (Å²) >= 11 is 0.970. The third-order valence-electron chi connectivity index (χ3n) is 5.03. The Hall–Kier alpha value is -2.43. The van der Waals surface area contributed by atoms with Gasteiger partial charge in [0.15, 0.2) is 0 Å². The minimum absolute atomic E-state index is 0.0528. The number of piperazine rings is 1. The molecule has 1 aromatic heterocycles. The summed E-state index contributed by atoms with van der Waals surface area (Å²) in [7, 11) is -3.76. The molecule has 8 nitrogen and oxygen atoms in total. The molecule has 0 amide bonds. The van der Waals surface area contributed by atoms with Gasteiger partial charge in [-0.1, -0.05) is 12.1 Å². The molecule has 0 spiro atoms. The summed E-state index contributed by atoms with van der Waals surface area (Å²) in [6, 6.07) is 4.09. The smallest absolute Gasteiger partial charge is 0.455 e. The van der Waals surface area contributed by atoms with Crippen molar-refractivity contribution < 1.29 is 49.4 Å². The Balaban J connectivity index is 1.71. The first-order chi connectivity index (χ1) is 15.7. The van der Waals surface area contributed by atoms with Crippen molar-refractivity contribution in [3.63, 3.8) is 0 Å². The van der Waals surface area contributed by atoms with Crippen LogP contribution >= 0.6 is 11.3 Å². The van der Waals surface area contributed by atoms with Crippen LogP contribution in [-0.4, -0.2) is 73.9 Å². The van der Waals surface area contributed by atoms with Crippen molar-refractivity contribution >= 4 is 33.0 Å². The summed E-state index contributed by atoms with van der Waals surface area (Å²) in [4.78, 5) is 16.3. The Morgan fingerprint density at radius 2 is 1.65 bits per heavy atom. The van der Waals surface area contributed by atoms with Gasteiger partial charge in [0.2, 0.25) is 9.94 Å². The summed E-state index contributed by atoms with van der Waals surface area (Å²) in [5.41, 5.74) is -4.30. The Labute approximate surface area is 193 Å². The van der Waals surface area contributed by atoms with Crippen LogP contribution in [0.1, 0.15) is 5.56 Å². The van der Waals surface area contributed by atoms with E-state index >= 15 is 0 Å². The molecule has 3 rings (SSSR count). The zero-order valence-electron chi connectivity index (χ0n) is 17.0. The number of hydrogen-bond acceptors (Lipinski definition) is 8. The largest absolute Gasteiger partial charge is 0.490 e. The molecule has 2 aromatic rings. The number of alkyl halides is 6. The van der Waals surface area contributed by atoms with Crippen LogP contribution in [-0.2, 0) is 25.2 Å². The van der Waals surface area contributed by atoms with Crippen LogP contribution < -0.4 is 4.90 Å². The highest BCUT2D eigenvalue weighted by atomic mass is 32.2. The summed E-state index contributed by atoms with van der Waals surface area (Å²) in [6.07, 6.45) is -9.61. The third-order valence-corrected chi connectivity index (χ3v) is 8.11. The van der Waals surface area contributed by atoms with Gasteiger partial charge in [0, 0.05) is 43.4 Å². The number of sulfonamides is 1. The first-order valence-corrected chi connectivity index (χ1v) is 11.8. The number of rotatable bonds is 6. The molecular formula is C18H17F6N3O5S2. The highest BCUT2D eigenvalue weighted by molar-refractivity contribution is 7.91. The molecular weight excluding hydrogens is 516 g/mol. The number of carbonyl (C=O) groups is 1. The van der Waals surface area contributed by atoms with Crippen LogP contribution in [0.4, 0.5) is 32.0 Å². The van der Waals surface area contributed by atoms with Gasteiger partial charge in [0.25, 0.3) is 10.0 Å². The van der Waals surface area contributed by atoms with Crippen LogP contribution in [0.15, 0.2) is 40.2 Å².